The van der Waals surface area contributed by atoms with Crippen molar-refractivity contribution in [2.24, 2.45) is 0 Å². The van der Waals surface area contributed by atoms with Gasteiger partial charge in [-0.15, -0.1) is 11.3 Å². The van der Waals surface area contributed by atoms with Crippen LogP contribution in [0.25, 0.3) is 10.6 Å². The van der Waals surface area contributed by atoms with Crippen molar-refractivity contribution in [3.05, 3.63) is 34.6 Å². The van der Waals surface area contributed by atoms with E-state index in [0.29, 0.717) is 5.92 Å². The zero-order valence-electron chi connectivity index (χ0n) is 12.1. The lowest BCUT2D eigenvalue weighted by Gasteiger charge is -2.21. The molecule has 106 valence electrons. The Morgan fingerprint density at radius 2 is 2.35 bits per heavy atom. The molecule has 2 heterocycles. The summed E-state index contributed by atoms with van der Waals surface area (Å²) in [6.07, 6.45) is 7.53. The molecule has 0 aromatic carbocycles. The van der Waals surface area contributed by atoms with E-state index in [-0.39, 0.29) is 0 Å². The van der Waals surface area contributed by atoms with Gasteiger partial charge in [-0.2, -0.15) is 0 Å². The van der Waals surface area contributed by atoms with Gasteiger partial charge in [-0.05, 0) is 44.4 Å². The maximum absolute atomic E-state index is 4.95. The van der Waals surface area contributed by atoms with Crippen LogP contribution in [0.4, 0.5) is 0 Å². The summed E-state index contributed by atoms with van der Waals surface area (Å²) in [7, 11) is 0. The molecular formula is C16H21N3S. The molecule has 0 spiro atoms. The Morgan fingerprint density at radius 3 is 3.15 bits per heavy atom. The minimum Gasteiger partial charge on any atom is -0.316 e. The Kier molecular flexibility index (Phi) is 4.13. The summed E-state index contributed by atoms with van der Waals surface area (Å²) >= 11 is 1.86. The number of likely N-dealkylation sites (N-methyl/N-ethyl adjacent to an activating group) is 1. The van der Waals surface area contributed by atoms with Crippen molar-refractivity contribution in [2.45, 2.75) is 39.0 Å². The van der Waals surface area contributed by atoms with Crippen LogP contribution >= 0.6 is 11.3 Å². The average Bonchev–Trinajstić information content (AvgIpc) is 2.89. The Bertz CT molecular complexity index is 591. The second-order valence-electron chi connectivity index (χ2n) is 5.41. The highest BCUT2D eigenvalue weighted by Crippen LogP contribution is 2.38. The Morgan fingerprint density at radius 1 is 1.45 bits per heavy atom. The van der Waals surface area contributed by atoms with Crippen LogP contribution in [-0.2, 0) is 6.42 Å². The summed E-state index contributed by atoms with van der Waals surface area (Å²) < 4.78 is 0. The Balaban J connectivity index is 1.93. The zero-order chi connectivity index (χ0) is 13.9. The standard InChI is InChI=1S/C16H21N3S/c1-3-17-9-12-5-4-6-14-15(12)19-16(20-14)13-10-18-8-7-11(13)2/h7-8,10,12,17H,3-6,9H2,1-2H3. The molecule has 1 aliphatic rings. The number of hydrogen-bond acceptors (Lipinski definition) is 4. The number of pyridine rings is 1. The van der Waals surface area contributed by atoms with Gasteiger partial charge in [0.25, 0.3) is 0 Å². The highest BCUT2D eigenvalue weighted by molar-refractivity contribution is 7.15. The van der Waals surface area contributed by atoms with E-state index in [0.717, 1.165) is 18.1 Å². The summed E-state index contributed by atoms with van der Waals surface area (Å²) in [5.41, 5.74) is 3.78. The maximum atomic E-state index is 4.95. The smallest absolute Gasteiger partial charge is 0.125 e. The number of aryl methyl sites for hydroxylation is 2. The van der Waals surface area contributed by atoms with E-state index < -0.39 is 0 Å². The molecule has 0 amide bonds. The van der Waals surface area contributed by atoms with Gasteiger partial charge in [0, 0.05) is 35.3 Å². The molecule has 2 aromatic heterocycles. The molecule has 0 radical (unpaired) electrons. The van der Waals surface area contributed by atoms with Crippen molar-refractivity contribution in [3.63, 3.8) is 0 Å². The van der Waals surface area contributed by atoms with Crippen LogP contribution in [0.15, 0.2) is 18.5 Å². The molecular weight excluding hydrogens is 266 g/mol. The van der Waals surface area contributed by atoms with Gasteiger partial charge in [-0.1, -0.05) is 6.92 Å². The van der Waals surface area contributed by atoms with Gasteiger partial charge in [-0.3, -0.25) is 4.98 Å². The van der Waals surface area contributed by atoms with Crippen LogP contribution in [0.1, 0.15) is 41.8 Å². The number of rotatable bonds is 4. The summed E-state index contributed by atoms with van der Waals surface area (Å²) in [5, 5.41) is 4.61. The van der Waals surface area contributed by atoms with Crippen molar-refractivity contribution in [3.8, 4) is 10.6 Å². The molecule has 20 heavy (non-hydrogen) atoms. The van der Waals surface area contributed by atoms with E-state index in [9.17, 15) is 0 Å². The van der Waals surface area contributed by atoms with Crippen LogP contribution in [0.3, 0.4) is 0 Å². The van der Waals surface area contributed by atoms with Crippen LogP contribution in [0.5, 0.6) is 0 Å². The quantitative estimate of drug-likeness (QED) is 0.934. The van der Waals surface area contributed by atoms with Crippen LogP contribution in [-0.4, -0.2) is 23.1 Å². The third-order valence-electron chi connectivity index (χ3n) is 3.98. The lowest BCUT2D eigenvalue weighted by Crippen LogP contribution is -2.23. The van der Waals surface area contributed by atoms with E-state index in [1.807, 2.05) is 23.7 Å². The van der Waals surface area contributed by atoms with Gasteiger partial charge in [0.15, 0.2) is 0 Å². The van der Waals surface area contributed by atoms with Crippen molar-refractivity contribution in [1.29, 1.82) is 0 Å². The number of aromatic nitrogens is 2. The highest BCUT2D eigenvalue weighted by atomic mass is 32.1. The first kappa shape index (κ1) is 13.7. The minimum absolute atomic E-state index is 0.584. The minimum atomic E-state index is 0.584. The third-order valence-corrected chi connectivity index (χ3v) is 5.15. The van der Waals surface area contributed by atoms with Gasteiger partial charge in [0.2, 0.25) is 0 Å². The second-order valence-corrected chi connectivity index (χ2v) is 6.50. The molecule has 0 saturated carbocycles. The molecule has 0 aliphatic heterocycles. The molecule has 2 aromatic rings. The van der Waals surface area contributed by atoms with Crippen molar-refractivity contribution < 1.29 is 0 Å². The van der Waals surface area contributed by atoms with E-state index in [1.54, 1.807) is 0 Å². The fourth-order valence-corrected chi connectivity index (χ4v) is 4.09. The second kappa shape index (κ2) is 6.02. The van der Waals surface area contributed by atoms with Crippen LogP contribution < -0.4 is 5.32 Å². The largest absolute Gasteiger partial charge is 0.316 e. The summed E-state index contributed by atoms with van der Waals surface area (Å²) in [4.78, 5) is 10.7. The molecule has 1 atom stereocenters. The molecule has 3 rings (SSSR count). The summed E-state index contributed by atoms with van der Waals surface area (Å²) in [5.74, 6) is 0.584. The number of thiazole rings is 1. The maximum Gasteiger partial charge on any atom is 0.125 e. The zero-order valence-corrected chi connectivity index (χ0v) is 13.0. The molecule has 1 unspecified atom stereocenters. The third kappa shape index (κ3) is 2.63. The average molecular weight is 287 g/mol. The van der Waals surface area contributed by atoms with Crippen molar-refractivity contribution in [1.82, 2.24) is 15.3 Å². The molecule has 0 saturated heterocycles. The topological polar surface area (TPSA) is 37.8 Å². The molecule has 0 fully saturated rings. The number of nitrogens with zero attached hydrogens (tertiary/aromatic N) is 2. The van der Waals surface area contributed by atoms with Gasteiger partial charge in [-0.25, -0.2) is 4.98 Å². The Labute approximate surface area is 124 Å². The lowest BCUT2D eigenvalue weighted by molar-refractivity contribution is 0.509. The van der Waals surface area contributed by atoms with Gasteiger partial charge in [0.1, 0.15) is 5.01 Å². The number of nitrogens with one attached hydrogen (secondary N) is 1. The van der Waals surface area contributed by atoms with Gasteiger partial charge >= 0.3 is 0 Å². The summed E-state index contributed by atoms with van der Waals surface area (Å²) in [6, 6.07) is 2.06. The monoisotopic (exact) mass is 287 g/mol. The Hall–Kier alpha value is -1.26. The van der Waals surface area contributed by atoms with Crippen molar-refractivity contribution >= 4 is 11.3 Å². The normalized spacial score (nSPS) is 18.0. The SMILES string of the molecule is CCNCC1CCCc2sc(-c3cnccc3C)nc21. The van der Waals surface area contributed by atoms with E-state index >= 15 is 0 Å². The highest BCUT2D eigenvalue weighted by Gasteiger charge is 2.25. The molecule has 1 N–H and O–H groups in total. The van der Waals surface area contributed by atoms with Crippen LogP contribution in [0, 0.1) is 6.92 Å². The molecule has 0 bridgehead atoms. The predicted molar refractivity (Wildman–Crippen MR) is 84.3 cm³/mol. The van der Waals surface area contributed by atoms with Gasteiger partial charge in [0.05, 0.1) is 5.69 Å². The first-order valence-corrected chi connectivity index (χ1v) is 8.22. The van der Waals surface area contributed by atoms with E-state index in [2.05, 4.69) is 30.2 Å². The predicted octanol–water partition coefficient (Wildman–Crippen LogP) is 3.54. The summed E-state index contributed by atoms with van der Waals surface area (Å²) in [6.45, 7) is 6.38. The first-order chi connectivity index (χ1) is 9.79. The van der Waals surface area contributed by atoms with E-state index in [4.69, 9.17) is 4.98 Å². The number of hydrogen-bond donors (Lipinski definition) is 1. The van der Waals surface area contributed by atoms with E-state index in [1.165, 1.54) is 41.0 Å². The first-order valence-electron chi connectivity index (χ1n) is 7.41. The van der Waals surface area contributed by atoms with Gasteiger partial charge < -0.3 is 5.32 Å². The fourth-order valence-electron chi connectivity index (χ4n) is 2.83. The number of fused-ring (bicyclic) bond motifs is 1. The molecule has 4 heteroatoms. The van der Waals surface area contributed by atoms with Crippen LogP contribution in [0.2, 0.25) is 0 Å². The lowest BCUT2D eigenvalue weighted by atomic mass is 9.91. The van der Waals surface area contributed by atoms with Crippen molar-refractivity contribution in [2.75, 3.05) is 13.1 Å². The fraction of sp³-hybridized carbons (Fsp3) is 0.500. The molecule has 1 aliphatic carbocycles. The molecule has 3 nitrogen and oxygen atoms in total.